The fourth-order valence-electron chi connectivity index (χ4n) is 2.34. The summed E-state index contributed by atoms with van der Waals surface area (Å²) in [5.74, 6) is -0.886. The Hall–Kier alpha value is -2.90. The number of alkyl halides is 1. The molecule has 0 saturated heterocycles. The van der Waals surface area contributed by atoms with Crippen LogP contribution in [0, 0.1) is 0 Å². The first-order chi connectivity index (χ1) is 12.7. The van der Waals surface area contributed by atoms with Crippen LogP contribution in [0.1, 0.15) is 44.9 Å². The highest BCUT2D eigenvalue weighted by atomic mass is 19.1. The standard InChI is InChI=1S/C19H25FN4O3/c1-12(17(26)21-10-16(25)24-19(2,3)4)13-5-7-14(8-6-13)22-18-23-15(9-20)11-27-18/h5-8,11-12H,9-10H2,1-4H3,(H,21,26)(H,22,23)(H,24,25). The van der Waals surface area contributed by atoms with Gasteiger partial charge in [-0.15, -0.1) is 0 Å². The molecule has 0 spiro atoms. The average Bonchev–Trinajstić information content (AvgIpc) is 3.06. The van der Waals surface area contributed by atoms with Gasteiger partial charge in [0, 0.05) is 11.2 Å². The highest BCUT2D eigenvalue weighted by Crippen LogP contribution is 2.21. The highest BCUT2D eigenvalue weighted by molar-refractivity contribution is 5.88. The summed E-state index contributed by atoms with van der Waals surface area (Å²) in [5.41, 5.74) is 1.37. The topological polar surface area (TPSA) is 96.3 Å². The van der Waals surface area contributed by atoms with Crippen molar-refractivity contribution in [3.8, 4) is 0 Å². The van der Waals surface area contributed by atoms with Gasteiger partial charge in [-0.3, -0.25) is 9.59 Å². The van der Waals surface area contributed by atoms with Crippen molar-refractivity contribution in [2.24, 2.45) is 0 Å². The van der Waals surface area contributed by atoms with Crippen LogP contribution in [-0.4, -0.2) is 28.9 Å². The van der Waals surface area contributed by atoms with Gasteiger partial charge >= 0.3 is 0 Å². The van der Waals surface area contributed by atoms with E-state index in [0.29, 0.717) is 5.69 Å². The van der Waals surface area contributed by atoms with Gasteiger partial charge in [-0.1, -0.05) is 12.1 Å². The van der Waals surface area contributed by atoms with Gasteiger partial charge in [0.25, 0.3) is 6.01 Å². The number of carbonyl (C=O) groups is 2. The number of rotatable bonds is 7. The SMILES string of the molecule is CC(C(=O)NCC(=O)NC(C)(C)C)c1ccc(Nc2nc(CF)co2)cc1. The molecule has 27 heavy (non-hydrogen) atoms. The van der Waals surface area contributed by atoms with Gasteiger partial charge in [-0.05, 0) is 45.4 Å². The molecule has 1 atom stereocenters. The molecular weight excluding hydrogens is 351 g/mol. The monoisotopic (exact) mass is 376 g/mol. The van der Waals surface area contributed by atoms with Crippen molar-refractivity contribution >= 4 is 23.5 Å². The molecule has 2 rings (SSSR count). The Bertz CT molecular complexity index is 781. The predicted molar refractivity (Wildman–Crippen MR) is 100 cm³/mol. The second-order valence-corrected chi connectivity index (χ2v) is 7.26. The molecule has 1 aromatic carbocycles. The van der Waals surface area contributed by atoms with E-state index in [4.69, 9.17) is 4.42 Å². The lowest BCUT2D eigenvalue weighted by molar-refractivity contribution is -0.127. The summed E-state index contributed by atoms with van der Waals surface area (Å²) >= 11 is 0. The molecule has 1 unspecified atom stereocenters. The molecule has 2 aromatic rings. The summed E-state index contributed by atoms with van der Waals surface area (Å²) in [7, 11) is 0. The van der Waals surface area contributed by atoms with Gasteiger partial charge in [0.1, 0.15) is 18.6 Å². The third kappa shape index (κ3) is 6.40. The molecule has 1 heterocycles. The minimum atomic E-state index is -0.690. The first kappa shape index (κ1) is 20.4. The number of amides is 2. The predicted octanol–water partition coefficient (Wildman–Crippen LogP) is 3.02. The zero-order valence-electron chi connectivity index (χ0n) is 15.9. The van der Waals surface area contributed by atoms with Crippen LogP contribution in [0.3, 0.4) is 0 Å². The number of carbonyl (C=O) groups excluding carboxylic acids is 2. The maximum atomic E-state index is 12.5. The third-order valence-electron chi connectivity index (χ3n) is 3.68. The maximum absolute atomic E-state index is 12.5. The number of benzene rings is 1. The van der Waals surface area contributed by atoms with E-state index in [9.17, 15) is 14.0 Å². The van der Waals surface area contributed by atoms with Crippen LogP contribution < -0.4 is 16.0 Å². The average molecular weight is 376 g/mol. The molecule has 0 saturated carbocycles. The fourth-order valence-corrected chi connectivity index (χ4v) is 2.34. The van der Waals surface area contributed by atoms with E-state index in [1.54, 1.807) is 31.2 Å². The number of hydrogen-bond donors (Lipinski definition) is 3. The van der Waals surface area contributed by atoms with Crippen LogP contribution in [0.15, 0.2) is 34.9 Å². The quantitative estimate of drug-likeness (QED) is 0.690. The Kier molecular flexibility index (Phi) is 6.55. The molecule has 0 bridgehead atoms. The Labute approximate surface area is 157 Å². The molecule has 8 heteroatoms. The number of nitrogens with one attached hydrogen (secondary N) is 3. The largest absolute Gasteiger partial charge is 0.432 e. The van der Waals surface area contributed by atoms with E-state index < -0.39 is 12.6 Å². The van der Waals surface area contributed by atoms with E-state index >= 15 is 0 Å². The maximum Gasteiger partial charge on any atom is 0.299 e. The molecule has 146 valence electrons. The van der Waals surface area contributed by atoms with Gasteiger partial charge in [-0.2, -0.15) is 4.98 Å². The first-order valence-corrected chi connectivity index (χ1v) is 8.64. The van der Waals surface area contributed by atoms with Gasteiger partial charge in [0.05, 0.1) is 12.5 Å². The van der Waals surface area contributed by atoms with Gasteiger partial charge in [0.15, 0.2) is 0 Å². The van der Waals surface area contributed by atoms with Crippen LogP contribution in [0.2, 0.25) is 0 Å². The lowest BCUT2D eigenvalue weighted by Gasteiger charge is -2.21. The van der Waals surface area contributed by atoms with E-state index in [1.807, 2.05) is 20.8 Å². The highest BCUT2D eigenvalue weighted by Gasteiger charge is 2.18. The first-order valence-electron chi connectivity index (χ1n) is 8.64. The summed E-state index contributed by atoms with van der Waals surface area (Å²) in [6.45, 7) is 6.64. The molecule has 7 nitrogen and oxygen atoms in total. The Morgan fingerprint density at radius 1 is 1.22 bits per heavy atom. The van der Waals surface area contributed by atoms with E-state index in [1.165, 1.54) is 6.26 Å². The van der Waals surface area contributed by atoms with Crippen molar-refractivity contribution in [3.63, 3.8) is 0 Å². The van der Waals surface area contributed by atoms with Crippen molar-refractivity contribution in [2.45, 2.75) is 45.8 Å². The zero-order chi connectivity index (χ0) is 20.0. The summed E-state index contributed by atoms with van der Waals surface area (Å²) in [6, 6.07) is 7.32. The lowest BCUT2D eigenvalue weighted by Crippen LogP contribution is -2.46. The van der Waals surface area contributed by atoms with Crippen LogP contribution in [0.25, 0.3) is 0 Å². The normalized spacial score (nSPS) is 12.3. The van der Waals surface area contributed by atoms with Crippen molar-refractivity contribution in [2.75, 3.05) is 11.9 Å². The van der Waals surface area contributed by atoms with Crippen molar-refractivity contribution in [1.29, 1.82) is 0 Å². The minimum absolute atomic E-state index is 0.0683. The number of aromatic nitrogens is 1. The smallest absolute Gasteiger partial charge is 0.299 e. The summed E-state index contributed by atoms with van der Waals surface area (Å²) in [4.78, 5) is 28.0. The van der Waals surface area contributed by atoms with E-state index in [2.05, 4.69) is 20.9 Å². The minimum Gasteiger partial charge on any atom is -0.432 e. The molecule has 0 aliphatic rings. The summed E-state index contributed by atoms with van der Waals surface area (Å²) < 4.78 is 17.6. The zero-order valence-corrected chi connectivity index (χ0v) is 15.9. The molecule has 1 aromatic heterocycles. The Balaban J connectivity index is 1.89. The molecule has 0 aliphatic heterocycles. The fraction of sp³-hybridized carbons (Fsp3) is 0.421. The Morgan fingerprint density at radius 3 is 2.44 bits per heavy atom. The van der Waals surface area contributed by atoms with Crippen LogP contribution in [-0.2, 0) is 16.3 Å². The van der Waals surface area contributed by atoms with Crippen LogP contribution >= 0.6 is 0 Å². The van der Waals surface area contributed by atoms with Gasteiger partial charge in [-0.25, -0.2) is 4.39 Å². The van der Waals surface area contributed by atoms with Crippen molar-refractivity contribution < 1.29 is 18.4 Å². The molecule has 0 aliphatic carbocycles. The molecular formula is C19H25FN4O3. The molecule has 2 amide bonds. The second-order valence-electron chi connectivity index (χ2n) is 7.26. The number of halogens is 1. The third-order valence-corrected chi connectivity index (χ3v) is 3.68. The number of anilines is 2. The van der Waals surface area contributed by atoms with E-state index in [-0.39, 0.29) is 35.6 Å². The lowest BCUT2D eigenvalue weighted by atomic mass is 10.00. The Morgan fingerprint density at radius 2 is 1.89 bits per heavy atom. The summed E-state index contributed by atoms with van der Waals surface area (Å²) in [6.07, 6.45) is 1.25. The second kappa shape index (κ2) is 8.66. The van der Waals surface area contributed by atoms with E-state index in [0.717, 1.165) is 5.56 Å². The molecule has 0 radical (unpaired) electrons. The molecule has 0 fully saturated rings. The number of hydrogen-bond acceptors (Lipinski definition) is 5. The van der Waals surface area contributed by atoms with Gasteiger partial charge in [0.2, 0.25) is 11.8 Å². The number of oxazole rings is 1. The van der Waals surface area contributed by atoms with Crippen LogP contribution in [0.4, 0.5) is 16.1 Å². The van der Waals surface area contributed by atoms with Crippen molar-refractivity contribution in [3.05, 3.63) is 41.8 Å². The van der Waals surface area contributed by atoms with Crippen molar-refractivity contribution in [1.82, 2.24) is 15.6 Å². The summed E-state index contributed by atoms with van der Waals surface area (Å²) in [5, 5.41) is 8.35. The van der Waals surface area contributed by atoms with Crippen LogP contribution in [0.5, 0.6) is 0 Å². The number of nitrogens with zero attached hydrogens (tertiary/aromatic N) is 1. The molecule has 3 N–H and O–H groups in total. The van der Waals surface area contributed by atoms with Gasteiger partial charge < -0.3 is 20.4 Å².